The first kappa shape index (κ1) is 28.2. The van der Waals surface area contributed by atoms with E-state index in [2.05, 4.69) is 78.8 Å². The van der Waals surface area contributed by atoms with E-state index in [9.17, 15) is 15.0 Å². The fraction of sp³-hybridized carbons (Fsp3) is 0.312. The number of fused-ring (bicyclic) bond motifs is 4. The molecule has 0 fully saturated rings. The molecule has 3 aromatic carbocycles. The fourth-order valence-corrected chi connectivity index (χ4v) is 7.85. The number of aliphatic carboxylic acids is 1. The molecule has 0 saturated heterocycles. The summed E-state index contributed by atoms with van der Waals surface area (Å²) >= 11 is 3.57. The van der Waals surface area contributed by atoms with Gasteiger partial charge in [-0.05, 0) is 74.6 Å². The number of aliphatic hydroxyl groups excluding tert-OH is 1. The number of carbonyl (C=O) groups is 1. The third-order valence-corrected chi connectivity index (χ3v) is 9.69. The van der Waals surface area contributed by atoms with Gasteiger partial charge < -0.3 is 24.8 Å². The van der Waals surface area contributed by atoms with E-state index in [1.165, 1.54) is 31.6 Å². The summed E-state index contributed by atoms with van der Waals surface area (Å²) < 4.78 is 3.71. The molecule has 1 aromatic heterocycles. The summed E-state index contributed by atoms with van der Waals surface area (Å²) in [6.07, 6.45) is 5.50. The third-order valence-electron chi connectivity index (χ3n) is 7.48. The van der Waals surface area contributed by atoms with E-state index in [4.69, 9.17) is 0 Å². The second kappa shape index (κ2) is 12.0. The van der Waals surface area contributed by atoms with E-state index in [-0.39, 0.29) is 0 Å². The third kappa shape index (κ3) is 5.11. The van der Waals surface area contributed by atoms with Gasteiger partial charge in [-0.1, -0.05) is 54.3 Å². The van der Waals surface area contributed by atoms with E-state index < -0.39 is 18.6 Å². The molecule has 1 N–H and O–H groups in total. The predicted molar refractivity (Wildman–Crippen MR) is 166 cm³/mol. The van der Waals surface area contributed by atoms with Gasteiger partial charge in [0.25, 0.3) is 5.01 Å². The van der Waals surface area contributed by atoms with Gasteiger partial charge >= 0.3 is 0 Å². The Bertz CT molecular complexity index is 1620. The van der Waals surface area contributed by atoms with Gasteiger partial charge in [-0.25, -0.2) is 0 Å². The molecule has 1 aliphatic rings. The SMILES string of the molecule is CCC(/C=C1\Sc2ccc(N(CC)C(CO)C(=O)[O-])cc2N1CC)=C\c1sc2ccc3ccccc3c2[n+]1CC. The number of benzene rings is 3. The van der Waals surface area contributed by atoms with Crippen LogP contribution in [0.5, 0.6) is 0 Å². The molecule has 0 radical (unpaired) electrons. The van der Waals surface area contributed by atoms with Crippen molar-refractivity contribution in [3.8, 4) is 0 Å². The molecule has 0 amide bonds. The summed E-state index contributed by atoms with van der Waals surface area (Å²) in [6.45, 7) is 10.0. The lowest BCUT2D eigenvalue weighted by atomic mass is 10.1. The van der Waals surface area contributed by atoms with Gasteiger partial charge in [-0.3, -0.25) is 0 Å². The maximum atomic E-state index is 11.6. The number of hydrogen-bond acceptors (Lipinski definition) is 7. The van der Waals surface area contributed by atoms with Crippen LogP contribution in [0.4, 0.5) is 11.4 Å². The number of anilines is 2. The Morgan fingerprint density at radius 3 is 2.60 bits per heavy atom. The highest BCUT2D eigenvalue weighted by Gasteiger charge is 2.27. The van der Waals surface area contributed by atoms with Gasteiger partial charge in [-0.15, -0.1) is 0 Å². The number of aryl methyl sites for hydroxylation is 1. The molecule has 6 nitrogen and oxygen atoms in total. The van der Waals surface area contributed by atoms with Crippen molar-refractivity contribution in [2.24, 2.45) is 0 Å². The van der Waals surface area contributed by atoms with Gasteiger partial charge in [0, 0.05) is 29.7 Å². The minimum atomic E-state index is -1.27. The Morgan fingerprint density at radius 1 is 1.12 bits per heavy atom. The Hall–Kier alpha value is -3.33. The largest absolute Gasteiger partial charge is 0.548 e. The zero-order valence-electron chi connectivity index (χ0n) is 23.4. The highest BCUT2D eigenvalue weighted by atomic mass is 32.2. The van der Waals surface area contributed by atoms with Gasteiger partial charge in [0.05, 0.1) is 34.7 Å². The fourth-order valence-electron chi connectivity index (χ4n) is 5.44. The molecular formula is C32H35N3O3S2. The van der Waals surface area contributed by atoms with E-state index in [0.717, 1.165) is 40.8 Å². The second-order valence-electron chi connectivity index (χ2n) is 9.68. The number of hydrogen-bond donors (Lipinski definition) is 1. The highest BCUT2D eigenvalue weighted by Crippen LogP contribution is 2.48. The number of allylic oxidation sites excluding steroid dienone is 2. The lowest BCUT2D eigenvalue weighted by molar-refractivity contribution is -0.664. The molecule has 0 bridgehead atoms. The van der Waals surface area contributed by atoms with Crippen LogP contribution in [0.1, 0.15) is 39.1 Å². The van der Waals surface area contributed by atoms with Crippen LogP contribution in [0, 0.1) is 0 Å². The molecule has 2 heterocycles. The summed E-state index contributed by atoms with van der Waals surface area (Å²) in [6, 6.07) is 17.9. The van der Waals surface area contributed by atoms with Crippen molar-refractivity contribution < 1.29 is 19.6 Å². The van der Waals surface area contributed by atoms with Crippen LogP contribution in [0.25, 0.3) is 27.1 Å². The normalized spacial score (nSPS) is 15.3. The van der Waals surface area contributed by atoms with Gasteiger partial charge in [0.2, 0.25) is 5.52 Å². The van der Waals surface area contributed by atoms with E-state index in [1.807, 2.05) is 36.5 Å². The highest BCUT2D eigenvalue weighted by molar-refractivity contribution is 8.03. The van der Waals surface area contributed by atoms with Gasteiger partial charge in [0.15, 0.2) is 0 Å². The molecule has 8 heteroatoms. The van der Waals surface area contributed by atoms with Crippen LogP contribution in [-0.4, -0.2) is 36.8 Å². The molecule has 4 aromatic rings. The van der Waals surface area contributed by atoms with Crippen molar-refractivity contribution in [3.63, 3.8) is 0 Å². The van der Waals surface area contributed by atoms with E-state index >= 15 is 0 Å². The lowest BCUT2D eigenvalue weighted by Gasteiger charge is -2.32. The van der Waals surface area contributed by atoms with Gasteiger partial charge in [-0.2, -0.15) is 4.57 Å². The first-order chi connectivity index (χ1) is 19.4. The van der Waals surface area contributed by atoms with Crippen LogP contribution >= 0.6 is 23.1 Å². The summed E-state index contributed by atoms with van der Waals surface area (Å²) in [7, 11) is 0. The Morgan fingerprint density at radius 2 is 1.93 bits per heavy atom. The average molecular weight is 574 g/mol. The summed E-state index contributed by atoms with van der Waals surface area (Å²) in [4.78, 5) is 16.7. The minimum absolute atomic E-state index is 0.449. The van der Waals surface area contributed by atoms with Crippen molar-refractivity contribution >= 4 is 67.5 Å². The number of aromatic nitrogens is 1. The van der Waals surface area contributed by atoms with Crippen LogP contribution in [0.2, 0.25) is 0 Å². The summed E-state index contributed by atoms with van der Waals surface area (Å²) in [5.74, 6) is -1.27. The van der Waals surface area contributed by atoms with Crippen molar-refractivity contribution in [1.82, 2.24) is 0 Å². The number of aliphatic hydroxyl groups is 1. The second-order valence-corrected chi connectivity index (χ2v) is 11.8. The van der Waals surface area contributed by atoms with Crippen molar-refractivity contribution in [2.45, 2.75) is 51.6 Å². The molecule has 5 rings (SSSR count). The first-order valence-corrected chi connectivity index (χ1v) is 15.5. The monoisotopic (exact) mass is 573 g/mol. The van der Waals surface area contributed by atoms with Crippen LogP contribution in [0.15, 0.2) is 76.2 Å². The molecule has 1 atom stereocenters. The smallest absolute Gasteiger partial charge is 0.263 e. The number of rotatable bonds is 10. The first-order valence-electron chi connectivity index (χ1n) is 13.9. The number of carboxylic acids is 1. The molecule has 208 valence electrons. The molecule has 0 aliphatic carbocycles. The zero-order valence-corrected chi connectivity index (χ0v) is 25.0. The Balaban J connectivity index is 1.52. The van der Waals surface area contributed by atoms with Crippen LogP contribution in [0.3, 0.4) is 0 Å². The molecule has 1 aliphatic heterocycles. The predicted octanol–water partition coefficient (Wildman–Crippen LogP) is 5.57. The van der Waals surface area contributed by atoms with E-state index in [0.29, 0.717) is 6.54 Å². The number of carbonyl (C=O) groups excluding carboxylic acids is 1. The summed E-state index contributed by atoms with van der Waals surface area (Å²) in [5, 5.41) is 26.3. The maximum absolute atomic E-state index is 11.6. The molecule has 40 heavy (non-hydrogen) atoms. The Kier molecular flexibility index (Phi) is 8.49. The molecule has 0 saturated carbocycles. The maximum Gasteiger partial charge on any atom is 0.263 e. The quantitative estimate of drug-likeness (QED) is 0.250. The van der Waals surface area contributed by atoms with Crippen molar-refractivity contribution in [3.05, 3.63) is 76.3 Å². The zero-order chi connectivity index (χ0) is 28.4. The van der Waals surface area contributed by atoms with Gasteiger partial charge in [0.1, 0.15) is 11.2 Å². The lowest BCUT2D eigenvalue weighted by Crippen LogP contribution is -2.50. The Labute approximate surface area is 243 Å². The molecule has 0 spiro atoms. The van der Waals surface area contributed by atoms with Crippen molar-refractivity contribution in [1.29, 1.82) is 0 Å². The van der Waals surface area contributed by atoms with Crippen molar-refractivity contribution in [2.75, 3.05) is 29.5 Å². The number of carboxylic acid groups (broad SMARTS) is 1. The summed E-state index contributed by atoms with van der Waals surface area (Å²) in [5.41, 5.74) is 4.36. The van der Waals surface area contributed by atoms with E-state index in [1.54, 1.807) is 16.7 Å². The minimum Gasteiger partial charge on any atom is -0.548 e. The molecular weight excluding hydrogens is 539 g/mol. The topological polar surface area (TPSA) is 70.7 Å². The molecule has 1 unspecified atom stereocenters. The number of likely N-dealkylation sites (N-methyl/N-ethyl adjacent to an activating group) is 1. The van der Waals surface area contributed by atoms with Crippen LogP contribution < -0.4 is 19.5 Å². The number of thioether (sulfide) groups is 1. The average Bonchev–Trinajstić information content (AvgIpc) is 3.51. The number of nitrogens with zero attached hydrogens (tertiary/aromatic N) is 3. The standard InChI is InChI=1S/C32H35N3O3S2/c1-5-21(18-30-35(8-4)31-24-12-10-9-11-22(24)13-15-28(31)40-30)17-29-34(7-3)25-19-23(14-16-27(25)39-29)33(6-2)26(20-36)32(37)38/h9-19,26,36H,5-8,20H2,1-4H3. The number of thiazole rings is 1. The van der Waals surface area contributed by atoms with Crippen LogP contribution in [-0.2, 0) is 11.3 Å².